The maximum Gasteiger partial charge on any atom is 0.276 e. The van der Waals surface area contributed by atoms with Crippen molar-refractivity contribution in [2.24, 2.45) is 0 Å². The fraction of sp³-hybridized carbons (Fsp3) is 0.286. The number of nitrogens with one attached hydrogen (secondary N) is 2. The van der Waals surface area contributed by atoms with Gasteiger partial charge in [0.1, 0.15) is 5.82 Å². The number of rotatable bonds is 6. The molecule has 0 aliphatic rings. The maximum atomic E-state index is 12.0. The van der Waals surface area contributed by atoms with E-state index in [1.807, 2.05) is 13.8 Å². The first kappa shape index (κ1) is 14.7. The maximum absolute atomic E-state index is 12.0. The Balaban J connectivity index is 2.00. The molecule has 0 saturated heterocycles. The van der Waals surface area contributed by atoms with Gasteiger partial charge < -0.3 is 15.4 Å². The van der Waals surface area contributed by atoms with Crippen LogP contribution in [0.25, 0.3) is 0 Å². The third-order valence-corrected chi connectivity index (χ3v) is 2.54. The number of ether oxygens (including phenoxy) is 1. The molecule has 7 nitrogen and oxygen atoms in total. The number of aromatic nitrogens is 3. The molecule has 7 heteroatoms. The van der Waals surface area contributed by atoms with Gasteiger partial charge in [-0.05, 0) is 32.0 Å². The number of amides is 1. The Bertz CT molecular complexity index is 583. The first-order valence-electron chi connectivity index (χ1n) is 6.70. The third kappa shape index (κ3) is 4.13. The van der Waals surface area contributed by atoms with E-state index >= 15 is 0 Å². The summed E-state index contributed by atoms with van der Waals surface area (Å²) in [5.74, 6) is 0.818. The summed E-state index contributed by atoms with van der Waals surface area (Å²) in [4.78, 5) is 16.1. The average Bonchev–Trinajstić information content (AvgIpc) is 2.50. The first-order valence-corrected chi connectivity index (χ1v) is 6.70. The van der Waals surface area contributed by atoms with Crippen molar-refractivity contribution in [3.63, 3.8) is 0 Å². The highest BCUT2D eigenvalue weighted by molar-refractivity contribution is 6.02. The molecule has 0 aliphatic carbocycles. The van der Waals surface area contributed by atoms with Gasteiger partial charge in [-0.1, -0.05) is 0 Å². The summed E-state index contributed by atoms with van der Waals surface area (Å²) in [6.45, 7) is 5.14. The van der Waals surface area contributed by atoms with Crippen molar-refractivity contribution in [3.05, 3.63) is 36.2 Å². The second-order valence-electron chi connectivity index (χ2n) is 4.11. The number of anilines is 2. The molecule has 0 atom stereocenters. The molecule has 0 saturated carbocycles. The van der Waals surface area contributed by atoms with Crippen molar-refractivity contribution in [1.82, 2.24) is 15.2 Å². The molecule has 2 rings (SSSR count). The van der Waals surface area contributed by atoms with E-state index in [1.54, 1.807) is 24.3 Å². The van der Waals surface area contributed by atoms with E-state index in [2.05, 4.69) is 25.8 Å². The fourth-order valence-electron chi connectivity index (χ4n) is 1.61. The summed E-state index contributed by atoms with van der Waals surface area (Å²) in [5, 5.41) is 13.5. The van der Waals surface area contributed by atoms with E-state index in [0.29, 0.717) is 24.0 Å². The lowest BCUT2D eigenvalue weighted by Crippen LogP contribution is -2.15. The second kappa shape index (κ2) is 7.18. The second-order valence-corrected chi connectivity index (χ2v) is 4.11. The molecular formula is C14H17N5O2. The topological polar surface area (TPSA) is 89.0 Å². The van der Waals surface area contributed by atoms with Gasteiger partial charge in [0.15, 0.2) is 5.69 Å². The lowest BCUT2D eigenvalue weighted by Gasteiger charge is -2.06. The monoisotopic (exact) mass is 287 g/mol. The summed E-state index contributed by atoms with van der Waals surface area (Å²) in [6, 6.07) is 6.74. The summed E-state index contributed by atoms with van der Waals surface area (Å²) < 4.78 is 5.23. The molecule has 2 N–H and O–H groups in total. The normalized spacial score (nSPS) is 10.0. The van der Waals surface area contributed by atoms with E-state index in [9.17, 15) is 4.79 Å². The van der Waals surface area contributed by atoms with Crippen LogP contribution in [0.5, 0.6) is 5.88 Å². The van der Waals surface area contributed by atoms with Gasteiger partial charge >= 0.3 is 0 Å². The van der Waals surface area contributed by atoms with E-state index < -0.39 is 0 Å². The number of nitrogens with zero attached hydrogens (tertiary/aromatic N) is 3. The van der Waals surface area contributed by atoms with E-state index in [1.165, 1.54) is 6.20 Å². The first-order chi connectivity index (χ1) is 10.2. The van der Waals surface area contributed by atoms with Gasteiger partial charge in [-0.15, -0.1) is 10.2 Å². The molecule has 2 aromatic rings. The zero-order valence-electron chi connectivity index (χ0n) is 12.0. The highest BCUT2D eigenvalue weighted by Gasteiger charge is 2.09. The molecule has 0 aromatic carbocycles. The van der Waals surface area contributed by atoms with Gasteiger partial charge in [-0.2, -0.15) is 0 Å². The van der Waals surface area contributed by atoms with Gasteiger partial charge in [-0.25, -0.2) is 4.98 Å². The molecule has 0 radical (unpaired) electrons. The molecule has 2 aromatic heterocycles. The molecule has 0 spiro atoms. The van der Waals surface area contributed by atoms with Crippen LogP contribution in [0.15, 0.2) is 30.5 Å². The number of pyridine rings is 1. The van der Waals surface area contributed by atoms with Crippen LogP contribution in [0.2, 0.25) is 0 Å². The van der Waals surface area contributed by atoms with Crippen molar-refractivity contribution in [2.75, 3.05) is 23.8 Å². The molecule has 21 heavy (non-hydrogen) atoms. The van der Waals surface area contributed by atoms with E-state index in [-0.39, 0.29) is 11.6 Å². The quantitative estimate of drug-likeness (QED) is 0.844. The molecular weight excluding hydrogens is 270 g/mol. The largest absolute Gasteiger partial charge is 0.478 e. The number of carbonyl (C=O) groups excluding carboxylic acids is 1. The van der Waals surface area contributed by atoms with Gasteiger partial charge in [0.05, 0.1) is 18.5 Å². The van der Waals surface area contributed by atoms with Crippen LogP contribution in [-0.4, -0.2) is 34.2 Å². The Labute approximate surface area is 122 Å². The molecule has 0 bridgehead atoms. The van der Waals surface area contributed by atoms with Crippen LogP contribution in [-0.2, 0) is 0 Å². The highest BCUT2D eigenvalue weighted by Crippen LogP contribution is 2.12. The number of hydrogen-bond acceptors (Lipinski definition) is 6. The van der Waals surface area contributed by atoms with Crippen molar-refractivity contribution in [2.45, 2.75) is 13.8 Å². The average molecular weight is 287 g/mol. The molecule has 110 valence electrons. The summed E-state index contributed by atoms with van der Waals surface area (Å²) in [6.07, 6.45) is 1.53. The van der Waals surface area contributed by atoms with Crippen LogP contribution in [0, 0.1) is 0 Å². The number of hydrogen-bond donors (Lipinski definition) is 2. The van der Waals surface area contributed by atoms with Crippen LogP contribution in [0.1, 0.15) is 24.3 Å². The zero-order valence-corrected chi connectivity index (χ0v) is 12.0. The smallest absolute Gasteiger partial charge is 0.276 e. The van der Waals surface area contributed by atoms with Crippen molar-refractivity contribution in [1.29, 1.82) is 0 Å². The Morgan fingerprint density at radius 3 is 2.62 bits per heavy atom. The lowest BCUT2D eigenvalue weighted by molar-refractivity contribution is 0.102. The SMILES string of the molecule is CCNc1ccc(C(=O)Nc2ccc(OCC)nc2)nn1. The van der Waals surface area contributed by atoms with Crippen molar-refractivity contribution in [3.8, 4) is 5.88 Å². The van der Waals surface area contributed by atoms with Crippen molar-refractivity contribution >= 4 is 17.4 Å². The predicted molar refractivity (Wildman–Crippen MR) is 79.6 cm³/mol. The third-order valence-electron chi connectivity index (χ3n) is 2.54. The Hall–Kier alpha value is -2.70. The van der Waals surface area contributed by atoms with Gasteiger partial charge in [0, 0.05) is 12.6 Å². The van der Waals surface area contributed by atoms with E-state index in [0.717, 1.165) is 6.54 Å². The fourth-order valence-corrected chi connectivity index (χ4v) is 1.61. The van der Waals surface area contributed by atoms with Gasteiger partial charge in [0.25, 0.3) is 5.91 Å². The Morgan fingerprint density at radius 1 is 1.19 bits per heavy atom. The molecule has 2 heterocycles. The Morgan fingerprint density at radius 2 is 2.05 bits per heavy atom. The van der Waals surface area contributed by atoms with Gasteiger partial charge in [-0.3, -0.25) is 4.79 Å². The van der Waals surface area contributed by atoms with E-state index in [4.69, 9.17) is 4.74 Å². The zero-order chi connectivity index (χ0) is 15.1. The molecule has 0 aliphatic heterocycles. The molecule has 0 fully saturated rings. The standard InChI is InChI=1S/C14H17N5O2/c1-3-15-12-7-6-11(18-19-12)14(20)17-10-5-8-13(16-9-10)21-4-2/h5-9H,3-4H2,1-2H3,(H,15,19)(H,17,20). The molecule has 0 unspecified atom stereocenters. The molecule has 1 amide bonds. The number of carbonyl (C=O) groups is 1. The van der Waals surface area contributed by atoms with Crippen LogP contribution in [0.3, 0.4) is 0 Å². The minimum absolute atomic E-state index is 0.241. The summed E-state index contributed by atoms with van der Waals surface area (Å²) in [7, 11) is 0. The predicted octanol–water partition coefficient (Wildman–Crippen LogP) is 1.95. The van der Waals surface area contributed by atoms with Gasteiger partial charge in [0.2, 0.25) is 5.88 Å². The van der Waals surface area contributed by atoms with Crippen LogP contribution in [0.4, 0.5) is 11.5 Å². The summed E-state index contributed by atoms with van der Waals surface area (Å²) in [5.41, 5.74) is 0.812. The Kier molecular flexibility index (Phi) is 5.03. The lowest BCUT2D eigenvalue weighted by atomic mass is 10.3. The summed E-state index contributed by atoms with van der Waals surface area (Å²) >= 11 is 0. The minimum Gasteiger partial charge on any atom is -0.478 e. The van der Waals surface area contributed by atoms with Crippen molar-refractivity contribution < 1.29 is 9.53 Å². The highest BCUT2D eigenvalue weighted by atomic mass is 16.5. The van der Waals surface area contributed by atoms with Crippen LogP contribution >= 0.6 is 0 Å². The van der Waals surface area contributed by atoms with Crippen LogP contribution < -0.4 is 15.4 Å². The minimum atomic E-state index is -0.337.